The van der Waals surface area contributed by atoms with E-state index in [1.807, 2.05) is 6.92 Å². The number of ether oxygens (including phenoxy) is 1. The van der Waals surface area contributed by atoms with Crippen molar-refractivity contribution in [2.45, 2.75) is 25.8 Å². The largest absolute Gasteiger partial charge is 0.385 e. The van der Waals surface area contributed by atoms with Gasteiger partial charge in [0.05, 0.1) is 0 Å². The molecule has 0 aliphatic rings. The number of hydrogen-bond donors (Lipinski definition) is 1. The highest BCUT2D eigenvalue weighted by molar-refractivity contribution is 5.22. The Morgan fingerprint density at radius 1 is 1.35 bits per heavy atom. The fourth-order valence-corrected chi connectivity index (χ4v) is 1.84. The molecule has 0 saturated carbocycles. The number of nitrogens with one attached hydrogen (secondary N) is 1. The lowest BCUT2D eigenvalue weighted by Gasteiger charge is -2.19. The minimum Gasteiger partial charge on any atom is -0.385 e. The third kappa shape index (κ3) is 4.06. The molecule has 0 amide bonds. The van der Waals surface area contributed by atoms with E-state index in [0.717, 1.165) is 18.9 Å². The normalized spacial score (nSPS) is 12.7. The van der Waals surface area contributed by atoms with Crippen LogP contribution in [0.4, 0.5) is 8.78 Å². The number of hydrogen-bond acceptors (Lipinski definition) is 2. The molecule has 0 radical (unpaired) electrons. The molecule has 1 rings (SSSR count). The molecule has 1 aromatic carbocycles. The third-order valence-electron chi connectivity index (χ3n) is 2.65. The SMILES string of the molecule is CCNC(CCCOC)c1cccc(F)c1F. The second-order valence-electron chi connectivity index (χ2n) is 3.89. The Hall–Kier alpha value is -1.00. The molecular formula is C13H19F2NO. The summed E-state index contributed by atoms with van der Waals surface area (Å²) in [7, 11) is 1.63. The summed E-state index contributed by atoms with van der Waals surface area (Å²) in [6.07, 6.45) is 1.53. The van der Waals surface area contributed by atoms with Crippen LogP contribution in [0.25, 0.3) is 0 Å². The van der Waals surface area contributed by atoms with Crippen LogP contribution in [-0.4, -0.2) is 20.3 Å². The van der Waals surface area contributed by atoms with E-state index in [2.05, 4.69) is 5.32 Å². The average Bonchev–Trinajstić information content (AvgIpc) is 2.32. The molecule has 1 N–H and O–H groups in total. The van der Waals surface area contributed by atoms with Crippen molar-refractivity contribution in [1.82, 2.24) is 5.32 Å². The minimum atomic E-state index is -0.794. The summed E-state index contributed by atoms with van der Waals surface area (Å²) in [5.41, 5.74) is 0.392. The highest BCUT2D eigenvalue weighted by atomic mass is 19.2. The smallest absolute Gasteiger partial charge is 0.163 e. The van der Waals surface area contributed by atoms with E-state index in [1.165, 1.54) is 6.07 Å². The Balaban J connectivity index is 2.77. The van der Waals surface area contributed by atoms with Crippen LogP contribution in [0.3, 0.4) is 0 Å². The Morgan fingerprint density at radius 2 is 2.12 bits per heavy atom. The summed E-state index contributed by atoms with van der Waals surface area (Å²) in [5.74, 6) is -1.55. The maximum absolute atomic E-state index is 13.6. The molecule has 0 aliphatic carbocycles. The molecule has 0 saturated heterocycles. The zero-order chi connectivity index (χ0) is 12.7. The van der Waals surface area contributed by atoms with Crippen molar-refractivity contribution in [2.24, 2.45) is 0 Å². The van der Waals surface area contributed by atoms with Crippen LogP contribution in [0, 0.1) is 11.6 Å². The van der Waals surface area contributed by atoms with Gasteiger partial charge in [-0.2, -0.15) is 0 Å². The van der Waals surface area contributed by atoms with Gasteiger partial charge >= 0.3 is 0 Å². The van der Waals surface area contributed by atoms with Gasteiger partial charge < -0.3 is 10.1 Å². The zero-order valence-electron chi connectivity index (χ0n) is 10.3. The molecule has 0 aliphatic heterocycles. The quantitative estimate of drug-likeness (QED) is 0.743. The van der Waals surface area contributed by atoms with Crippen molar-refractivity contribution in [2.75, 3.05) is 20.3 Å². The second kappa shape index (κ2) is 7.35. The first-order valence-electron chi connectivity index (χ1n) is 5.87. The van der Waals surface area contributed by atoms with E-state index in [-0.39, 0.29) is 6.04 Å². The first-order valence-corrected chi connectivity index (χ1v) is 5.87. The summed E-state index contributed by atoms with van der Waals surface area (Å²) < 4.78 is 31.7. The van der Waals surface area contributed by atoms with Gasteiger partial charge in [-0.3, -0.25) is 0 Å². The molecule has 17 heavy (non-hydrogen) atoms. The van der Waals surface area contributed by atoms with Crippen LogP contribution in [0.5, 0.6) is 0 Å². The standard InChI is InChI=1S/C13H19F2NO/c1-3-16-12(8-5-9-17-2)10-6-4-7-11(14)13(10)15/h4,6-7,12,16H,3,5,8-9H2,1-2H3. The molecule has 96 valence electrons. The van der Waals surface area contributed by atoms with Crippen molar-refractivity contribution < 1.29 is 13.5 Å². The van der Waals surface area contributed by atoms with Crippen molar-refractivity contribution in [3.8, 4) is 0 Å². The highest BCUT2D eigenvalue weighted by Gasteiger charge is 2.16. The second-order valence-corrected chi connectivity index (χ2v) is 3.89. The fourth-order valence-electron chi connectivity index (χ4n) is 1.84. The Morgan fingerprint density at radius 3 is 2.76 bits per heavy atom. The van der Waals surface area contributed by atoms with Gasteiger partial charge in [-0.15, -0.1) is 0 Å². The molecule has 1 unspecified atom stereocenters. The van der Waals surface area contributed by atoms with Crippen molar-refractivity contribution in [3.05, 3.63) is 35.4 Å². The zero-order valence-corrected chi connectivity index (χ0v) is 10.3. The first-order chi connectivity index (χ1) is 8.20. The van der Waals surface area contributed by atoms with Gasteiger partial charge in [0.1, 0.15) is 0 Å². The Bertz CT molecular complexity index is 344. The highest BCUT2D eigenvalue weighted by Crippen LogP contribution is 2.23. The van der Waals surface area contributed by atoms with Gasteiger partial charge in [0, 0.05) is 25.3 Å². The van der Waals surface area contributed by atoms with Crippen LogP contribution in [0.15, 0.2) is 18.2 Å². The number of rotatable bonds is 7. The average molecular weight is 243 g/mol. The first kappa shape index (κ1) is 14.1. The molecule has 2 nitrogen and oxygen atoms in total. The maximum atomic E-state index is 13.6. The topological polar surface area (TPSA) is 21.3 Å². The lowest BCUT2D eigenvalue weighted by atomic mass is 10.0. The fraction of sp³-hybridized carbons (Fsp3) is 0.538. The van der Waals surface area contributed by atoms with Gasteiger partial charge in [-0.05, 0) is 25.5 Å². The van der Waals surface area contributed by atoms with Gasteiger partial charge in [0.15, 0.2) is 11.6 Å². The van der Waals surface area contributed by atoms with E-state index in [9.17, 15) is 8.78 Å². The molecule has 1 aromatic rings. The van der Waals surface area contributed by atoms with Crippen LogP contribution in [-0.2, 0) is 4.74 Å². The Labute approximate surface area is 101 Å². The predicted molar refractivity (Wildman–Crippen MR) is 63.9 cm³/mol. The summed E-state index contributed by atoms with van der Waals surface area (Å²) in [6, 6.07) is 4.13. The molecule has 4 heteroatoms. The summed E-state index contributed by atoms with van der Waals surface area (Å²) >= 11 is 0. The number of benzene rings is 1. The summed E-state index contributed by atoms with van der Waals surface area (Å²) in [5, 5.41) is 3.16. The monoisotopic (exact) mass is 243 g/mol. The molecular weight excluding hydrogens is 224 g/mol. The van der Waals surface area contributed by atoms with Crippen molar-refractivity contribution in [1.29, 1.82) is 0 Å². The van der Waals surface area contributed by atoms with Crippen LogP contribution in [0.2, 0.25) is 0 Å². The summed E-state index contributed by atoms with van der Waals surface area (Å²) in [4.78, 5) is 0. The predicted octanol–water partition coefficient (Wildman–Crippen LogP) is 3.04. The van der Waals surface area contributed by atoms with E-state index in [0.29, 0.717) is 18.7 Å². The van der Waals surface area contributed by atoms with Crippen molar-refractivity contribution in [3.63, 3.8) is 0 Å². The molecule has 1 atom stereocenters. The van der Waals surface area contributed by atoms with Crippen LogP contribution < -0.4 is 5.32 Å². The number of halogens is 2. The van der Waals surface area contributed by atoms with Crippen LogP contribution >= 0.6 is 0 Å². The van der Waals surface area contributed by atoms with Gasteiger partial charge in [-0.25, -0.2) is 8.78 Å². The van der Waals surface area contributed by atoms with Gasteiger partial charge in [0.25, 0.3) is 0 Å². The lowest BCUT2D eigenvalue weighted by molar-refractivity contribution is 0.188. The maximum Gasteiger partial charge on any atom is 0.163 e. The van der Waals surface area contributed by atoms with E-state index >= 15 is 0 Å². The van der Waals surface area contributed by atoms with Crippen LogP contribution in [0.1, 0.15) is 31.4 Å². The van der Waals surface area contributed by atoms with Crippen molar-refractivity contribution >= 4 is 0 Å². The van der Waals surface area contributed by atoms with Gasteiger partial charge in [-0.1, -0.05) is 19.1 Å². The summed E-state index contributed by atoms with van der Waals surface area (Å²) in [6.45, 7) is 3.28. The van der Waals surface area contributed by atoms with Gasteiger partial charge in [0.2, 0.25) is 0 Å². The van der Waals surface area contributed by atoms with E-state index in [1.54, 1.807) is 13.2 Å². The molecule has 0 heterocycles. The molecule has 0 fully saturated rings. The minimum absolute atomic E-state index is 0.161. The number of methoxy groups -OCH3 is 1. The molecule has 0 spiro atoms. The Kier molecular flexibility index (Phi) is 6.08. The third-order valence-corrected chi connectivity index (χ3v) is 2.65. The molecule has 0 aromatic heterocycles. The van der Waals surface area contributed by atoms with E-state index in [4.69, 9.17) is 4.74 Å². The molecule has 0 bridgehead atoms. The lowest BCUT2D eigenvalue weighted by Crippen LogP contribution is -2.22. The van der Waals surface area contributed by atoms with E-state index < -0.39 is 11.6 Å².